The molecule has 2 N–H and O–H groups in total. The van der Waals surface area contributed by atoms with Gasteiger partial charge in [-0.1, -0.05) is 97.1 Å². The molecular formula is C76H105Br8N17Pd4. The zero-order chi connectivity index (χ0) is 70.0. The van der Waals surface area contributed by atoms with E-state index in [0.29, 0.717) is 48.3 Å². The van der Waals surface area contributed by atoms with Crippen LogP contribution >= 0.6 is 0 Å². The number of aromatic nitrogens is 10. The Balaban J connectivity index is -0.0000000956. The summed E-state index contributed by atoms with van der Waals surface area (Å²) >= 11 is 0. The van der Waals surface area contributed by atoms with E-state index in [0.717, 1.165) is 26.2 Å². The number of hydrogen-bond donors (Lipinski definition) is 2. The van der Waals surface area contributed by atoms with Gasteiger partial charge in [-0.05, 0) is 146 Å². The van der Waals surface area contributed by atoms with Crippen LogP contribution in [0.4, 0.5) is 0 Å². The zero-order valence-corrected chi connectivity index (χ0v) is 82.7. The molecule has 6 heterocycles. The number of imidazole rings is 4. The molecule has 0 saturated heterocycles. The Bertz CT molecular complexity index is 3290. The molecule has 29 heteroatoms. The van der Waals surface area contributed by atoms with Crippen molar-refractivity contribution >= 4 is 44.1 Å². The van der Waals surface area contributed by atoms with Gasteiger partial charge < -0.3 is 183 Å². The van der Waals surface area contributed by atoms with Gasteiger partial charge in [0.1, 0.15) is 0 Å². The van der Waals surface area contributed by atoms with Crippen molar-refractivity contribution in [3.63, 3.8) is 0 Å². The van der Waals surface area contributed by atoms with E-state index in [2.05, 4.69) is 290 Å². The maximum Gasteiger partial charge on any atom is 2.00 e. The molecule has 0 aliphatic carbocycles. The number of hydrogen-bond acceptors (Lipinski definition) is 9. The third kappa shape index (κ3) is 46.4. The summed E-state index contributed by atoms with van der Waals surface area (Å²) in [4.78, 5) is 7.98. The molecule has 6 aromatic heterocycles. The van der Waals surface area contributed by atoms with Crippen molar-refractivity contribution in [1.29, 1.82) is 26.3 Å². The van der Waals surface area contributed by atoms with Crippen LogP contribution in [0.15, 0.2) is 146 Å². The SMILES string of the molecule is CC#N.CC#N.CC#N.CC#N.CC#N.CC(C)n1[c-][n+](C(C)C)c2ccccc21.CC(C)n1[c-][n+](C(C)C)c2ccccc21.CC(C)n1[c-][n+](C(C)C)c2ccccc21.CC(C)n1[c-][n+](C(C)C)c2ccccc21.[Br-].[Br-].[Br-].[Br-].[Br-].[Br-].[Br-].[Br-].[Pd+2].[Pd+2].[Pd+2].[Pd+2].c1cc(CNCCNCc2ccncc2)ccn1. The van der Waals surface area contributed by atoms with Crippen molar-refractivity contribution < 1.29 is 236 Å². The summed E-state index contributed by atoms with van der Waals surface area (Å²) < 4.78 is 17.6. The maximum absolute atomic E-state index is 7.32. The average molecular weight is 2320 g/mol. The normalized spacial score (nSPS) is 8.95. The summed E-state index contributed by atoms with van der Waals surface area (Å²) in [6.45, 7) is 45.8. The number of benzene rings is 4. The minimum Gasteiger partial charge on any atom is -1.00 e. The van der Waals surface area contributed by atoms with Crippen LogP contribution in [0, 0.1) is 82.0 Å². The molecule has 10 rings (SSSR count). The molecule has 0 radical (unpaired) electrons. The van der Waals surface area contributed by atoms with Gasteiger partial charge >= 0.3 is 81.7 Å². The van der Waals surface area contributed by atoms with Crippen molar-refractivity contribution in [3.05, 3.63) is 183 Å². The van der Waals surface area contributed by atoms with Crippen molar-refractivity contribution in [2.45, 2.75) is 207 Å². The van der Waals surface area contributed by atoms with Crippen molar-refractivity contribution in [2.24, 2.45) is 0 Å². The van der Waals surface area contributed by atoms with Gasteiger partial charge in [0, 0.05) is 130 Å². The second-order valence-electron chi connectivity index (χ2n) is 23.2. The molecule has 0 atom stereocenters. The van der Waals surface area contributed by atoms with E-state index >= 15 is 0 Å². The monoisotopic (exact) mass is 2310 g/mol. The number of nitrogens with one attached hydrogen (secondary N) is 2. The van der Waals surface area contributed by atoms with Crippen molar-refractivity contribution in [3.8, 4) is 30.3 Å². The summed E-state index contributed by atoms with van der Waals surface area (Å²) in [6.07, 6.45) is 21.0. The molecule has 4 aromatic carbocycles. The van der Waals surface area contributed by atoms with Gasteiger partial charge in [0.25, 0.3) is 0 Å². The third-order valence-electron chi connectivity index (χ3n) is 13.2. The molecule has 0 amide bonds. The molecule has 17 nitrogen and oxygen atoms in total. The molecule has 0 saturated carbocycles. The second kappa shape index (κ2) is 75.0. The van der Waals surface area contributed by atoms with Crippen LogP contribution in [-0.4, -0.2) is 41.3 Å². The first-order valence-corrected chi connectivity index (χ1v) is 32.0. The molecular weight excluding hydrogens is 2220 g/mol. The van der Waals surface area contributed by atoms with Crippen LogP contribution < -0.4 is 165 Å². The van der Waals surface area contributed by atoms with Crippen molar-refractivity contribution in [2.75, 3.05) is 13.1 Å². The number of halogens is 8. The fourth-order valence-corrected chi connectivity index (χ4v) is 9.17. The Labute approximate surface area is 768 Å². The van der Waals surface area contributed by atoms with E-state index in [9.17, 15) is 0 Å². The number of para-hydroxylation sites is 8. The van der Waals surface area contributed by atoms with Crippen LogP contribution in [-0.2, 0) is 94.8 Å². The van der Waals surface area contributed by atoms with Crippen molar-refractivity contribution in [1.82, 2.24) is 38.9 Å². The minimum atomic E-state index is 0. The molecule has 590 valence electrons. The van der Waals surface area contributed by atoms with Crippen LogP contribution in [0.3, 0.4) is 0 Å². The Morgan fingerprint density at radius 2 is 0.476 bits per heavy atom. The molecule has 0 fully saturated rings. The summed E-state index contributed by atoms with van der Waals surface area (Å²) in [6, 6.07) is 54.4. The number of pyridine rings is 2. The predicted octanol–water partition coefficient (Wildman–Crippen LogP) is -8.41. The molecule has 0 unspecified atom stereocenters. The predicted molar refractivity (Wildman–Crippen MR) is 375 cm³/mol. The summed E-state index contributed by atoms with van der Waals surface area (Å²) in [5.41, 5.74) is 12.6. The molecule has 0 aliphatic rings. The fourth-order valence-electron chi connectivity index (χ4n) is 9.17. The topological polar surface area (TPSA) is 204 Å². The molecule has 10 aromatic rings. The van der Waals surface area contributed by atoms with Gasteiger partial charge in [-0.15, -0.1) is 0 Å². The first-order valence-electron chi connectivity index (χ1n) is 32.0. The van der Waals surface area contributed by atoms with E-state index in [4.69, 9.17) is 26.3 Å². The van der Waals surface area contributed by atoms with Gasteiger partial charge in [0.2, 0.25) is 25.3 Å². The number of nitriles is 5. The van der Waals surface area contributed by atoms with E-state index in [1.807, 2.05) is 49.1 Å². The first-order chi connectivity index (χ1) is 44.5. The van der Waals surface area contributed by atoms with E-state index < -0.39 is 0 Å². The Kier molecular flexibility index (Phi) is 91.7. The Hall–Kier alpha value is -3.08. The van der Waals surface area contributed by atoms with Crippen LogP contribution in [0.5, 0.6) is 0 Å². The van der Waals surface area contributed by atoms with E-state index in [1.54, 1.807) is 30.3 Å². The molecule has 105 heavy (non-hydrogen) atoms. The third-order valence-corrected chi connectivity index (χ3v) is 13.2. The fraction of sp³-hybridized carbons (Fsp3) is 0.434. The zero-order valence-electron chi connectivity index (χ0n) is 63.8. The van der Waals surface area contributed by atoms with Gasteiger partial charge in [-0.2, -0.15) is 26.3 Å². The van der Waals surface area contributed by atoms with Crippen LogP contribution in [0.1, 0.15) is 205 Å². The Morgan fingerprint density at radius 1 is 0.314 bits per heavy atom. The Morgan fingerprint density at radius 3 is 0.629 bits per heavy atom. The second-order valence-corrected chi connectivity index (χ2v) is 23.2. The van der Waals surface area contributed by atoms with Crippen LogP contribution in [0.25, 0.3) is 44.1 Å². The summed E-state index contributed by atoms with van der Waals surface area (Å²) in [7, 11) is 0. The number of nitrogens with zero attached hydrogens (tertiary/aromatic N) is 15. The quantitative estimate of drug-likeness (QED) is 0.0433. The maximum atomic E-state index is 7.32. The standard InChI is InChI=1S/C14H18N4.4C13H18N2.5C2H3N.8BrH.4Pd/c1-5-15-6-2-13(1)11-17-9-10-18-12-14-3-7-16-8-4-14;4*1-10(2)14-9-15(11(3)4)13-8-6-5-7-12(13)14;5*1-2-3;;;;;;;;;;;;/h1-8,17-18H,9-12H2;4*5-8,10-11H,1-4H3;5*1H3;8*1H;;;;/q;;;;;;;;;;;;;;;;;;4*+2/p-8. The van der Waals surface area contributed by atoms with Gasteiger partial charge in [0.05, 0.1) is 78.7 Å². The largest absolute Gasteiger partial charge is 2.00 e. The van der Waals surface area contributed by atoms with Gasteiger partial charge in [-0.3, -0.25) is 9.97 Å². The van der Waals surface area contributed by atoms with Crippen LogP contribution in [0.2, 0.25) is 0 Å². The first kappa shape index (κ1) is 128. The van der Waals surface area contributed by atoms with E-state index in [-0.39, 0.29) is 218 Å². The van der Waals surface area contributed by atoms with Gasteiger partial charge in [0.15, 0.2) is 0 Å². The summed E-state index contributed by atoms with van der Waals surface area (Å²) in [5, 5.41) is 43.4. The minimum absolute atomic E-state index is 0. The average Bonchev–Trinajstić information content (AvgIpc) is 1.68. The molecule has 0 aliphatic heterocycles. The van der Waals surface area contributed by atoms with Gasteiger partial charge in [-0.25, -0.2) is 0 Å². The number of fused-ring (bicyclic) bond motifs is 4. The van der Waals surface area contributed by atoms with E-state index in [1.165, 1.54) is 89.9 Å². The molecule has 0 spiro atoms. The smallest absolute Gasteiger partial charge is 1.00 e. The summed E-state index contributed by atoms with van der Waals surface area (Å²) in [5.74, 6) is 0. The number of rotatable bonds is 15. The molecule has 0 bridgehead atoms.